The van der Waals surface area contributed by atoms with Crippen molar-refractivity contribution in [2.24, 2.45) is 0 Å². The van der Waals surface area contributed by atoms with Gasteiger partial charge >= 0.3 is 0 Å². The van der Waals surface area contributed by atoms with Crippen molar-refractivity contribution in [3.8, 4) is 11.5 Å². The summed E-state index contributed by atoms with van der Waals surface area (Å²) in [6.45, 7) is -0.215. The number of sulfonamides is 1. The molecule has 0 aromatic heterocycles. The Morgan fingerprint density at radius 3 is 2.24 bits per heavy atom. The first kappa shape index (κ1) is 35.5. The van der Waals surface area contributed by atoms with Gasteiger partial charge in [0.2, 0.25) is 11.8 Å². The summed E-state index contributed by atoms with van der Waals surface area (Å²) in [4.78, 5) is 30.1. The number of halogens is 3. The molecule has 0 radical (unpaired) electrons. The van der Waals surface area contributed by atoms with Gasteiger partial charge in [-0.2, -0.15) is 0 Å². The van der Waals surface area contributed by atoms with E-state index in [2.05, 4.69) is 5.32 Å². The van der Waals surface area contributed by atoms with Crippen LogP contribution in [-0.4, -0.2) is 57.0 Å². The van der Waals surface area contributed by atoms with Crippen LogP contribution in [0.15, 0.2) is 95.9 Å². The summed E-state index contributed by atoms with van der Waals surface area (Å²) in [7, 11) is -4.45. The molecule has 0 saturated heterocycles. The number of fused-ring (bicyclic) bond motifs is 1. The predicted octanol–water partition coefficient (Wildman–Crippen LogP) is 6.80. The lowest BCUT2D eigenvalue weighted by Crippen LogP contribution is -2.54. The molecule has 1 N–H and O–H groups in total. The SMILES string of the molecule is O=C(NC1CCCC1)[C@@H](Cc1ccccc1)N(Cc1ccc(Cl)c(Cl)c1)C(=O)CN(c1ccc(F)cc1)S(=O)(=O)c1ccc2c(c1)OCCO2. The number of hydrogen-bond acceptors (Lipinski definition) is 6. The zero-order valence-electron chi connectivity index (χ0n) is 27.1. The van der Waals surface area contributed by atoms with E-state index in [1.165, 1.54) is 35.2 Å². The fourth-order valence-electron chi connectivity index (χ4n) is 6.20. The Morgan fingerprint density at radius 1 is 0.840 bits per heavy atom. The molecule has 6 rings (SSSR count). The third-order valence-electron chi connectivity index (χ3n) is 8.80. The molecule has 1 atom stereocenters. The molecule has 0 unspecified atom stereocenters. The molecule has 4 aromatic carbocycles. The second-order valence-electron chi connectivity index (χ2n) is 12.3. The Kier molecular flexibility index (Phi) is 11.2. The van der Waals surface area contributed by atoms with Crippen molar-refractivity contribution >= 4 is 50.7 Å². The molecular weight excluding hydrogens is 704 g/mol. The fraction of sp³-hybridized carbons (Fsp3) is 0.297. The number of nitrogens with zero attached hydrogens (tertiary/aromatic N) is 2. The summed E-state index contributed by atoms with van der Waals surface area (Å²) in [6, 6.07) is 22.2. The van der Waals surface area contributed by atoms with Crippen LogP contribution in [0.4, 0.5) is 10.1 Å². The van der Waals surface area contributed by atoms with E-state index in [0.29, 0.717) is 22.9 Å². The Hall–Kier alpha value is -4.32. The largest absolute Gasteiger partial charge is 0.486 e. The maximum absolute atomic E-state index is 14.7. The van der Waals surface area contributed by atoms with Crippen molar-refractivity contribution in [2.75, 3.05) is 24.1 Å². The molecule has 262 valence electrons. The Morgan fingerprint density at radius 2 is 1.54 bits per heavy atom. The zero-order chi connectivity index (χ0) is 35.3. The topological polar surface area (TPSA) is 105 Å². The van der Waals surface area contributed by atoms with E-state index in [-0.39, 0.29) is 52.9 Å². The van der Waals surface area contributed by atoms with Crippen LogP contribution in [0.3, 0.4) is 0 Å². The predicted molar refractivity (Wildman–Crippen MR) is 190 cm³/mol. The fourth-order valence-corrected chi connectivity index (χ4v) is 7.95. The molecule has 1 saturated carbocycles. The highest BCUT2D eigenvalue weighted by molar-refractivity contribution is 7.92. The third kappa shape index (κ3) is 8.34. The van der Waals surface area contributed by atoms with E-state index in [4.69, 9.17) is 32.7 Å². The molecule has 2 aliphatic rings. The van der Waals surface area contributed by atoms with Gasteiger partial charge in [0.15, 0.2) is 11.5 Å². The molecule has 1 aliphatic carbocycles. The van der Waals surface area contributed by atoms with Crippen LogP contribution in [0.2, 0.25) is 10.0 Å². The molecule has 13 heteroatoms. The molecule has 0 bridgehead atoms. The molecular formula is C37H36Cl2FN3O6S. The minimum Gasteiger partial charge on any atom is -0.486 e. The van der Waals surface area contributed by atoms with Gasteiger partial charge in [0, 0.05) is 25.1 Å². The first-order chi connectivity index (χ1) is 24.1. The average molecular weight is 741 g/mol. The smallest absolute Gasteiger partial charge is 0.264 e. The minimum absolute atomic E-state index is 0.0333. The highest BCUT2D eigenvalue weighted by atomic mass is 35.5. The van der Waals surface area contributed by atoms with Crippen molar-refractivity contribution < 1.29 is 31.9 Å². The van der Waals surface area contributed by atoms with Crippen LogP contribution in [0.5, 0.6) is 11.5 Å². The second-order valence-corrected chi connectivity index (χ2v) is 14.9. The number of amides is 2. The van der Waals surface area contributed by atoms with Crippen LogP contribution in [-0.2, 0) is 32.6 Å². The Labute approximate surface area is 300 Å². The Bertz CT molecular complexity index is 1940. The summed E-state index contributed by atoms with van der Waals surface area (Å²) in [6.07, 6.45) is 3.81. The first-order valence-corrected chi connectivity index (χ1v) is 18.5. The standard InChI is InChI=1S/C37H36Cl2FN3O6S/c38-31-16-10-26(20-32(31)39)23-42(33(21-25-6-2-1-3-7-25)37(45)41-28-8-4-5-9-28)36(44)24-43(29-13-11-27(40)12-14-29)50(46,47)30-15-17-34-35(22-30)49-19-18-48-34/h1-3,6-7,10-17,20,22,28,33H,4-5,8-9,18-19,21,23-24H2,(H,41,45)/t33-/m1/s1. The van der Waals surface area contributed by atoms with E-state index in [1.807, 2.05) is 30.3 Å². The summed E-state index contributed by atoms with van der Waals surface area (Å²) >= 11 is 12.6. The highest BCUT2D eigenvalue weighted by Crippen LogP contribution is 2.35. The van der Waals surface area contributed by atoms with Crippen LogP contribution in [0, 0.1) is 5.82 Å². The van der Waals surface area contributed by atoms with E-state index in [0.717, 1.165) is 47.7 Å². The molecule has 1 aliphatic heterocycles. The molecule has 4 aromatic rings. The van der Waals surface area contributed by atoms with E-state index >= 15 is 0 Å². The van der Waals surface area contributed by atoms with Crippen molar-refractivity contribution in [3.05, 3.63) is 118 Å². The number of hydrogen-bond donors (Lipinski definition) is 1. The molecule has 9 nitrogen and oxygen atoms in total. The number of carbonyl (C=O) groups excluding carboxylic acids is 2. The van der Waals surface area contributed by atoms with E-state index in [9.17, 15) is 22.4 Å². The summed E-state index contributed by atoms with van der Waals surface area (Å²) < 4.78 is 55.0. The quantitative estimate of drug-likeness (QED) is 0.172. The number of nitrogens with one attached hydrogen (secondary N) is 1. The summed E-state index contributed by atoms with van der Waals surface area (Å²) in [5, 5.41) is 3.72. The third-order valence-corrected chi connectivity index (χ3v) is 11.3. The van der Waals surface area contributed by atoms with E-state index < -0.39 is 34.3 Å². The highest BCUT2D eigenvalue weighted by Gasteiger charge is 2.36. The van der Waals surface area contributed by atoms with Gasteiger partial charge in [0.05, 0.1) is 20.6 Å². The molecule has 1 fully saturated rings. The van der Waals surface area contributed by atoms with Crippen LogP contribution >= 0.6 is 23.2 Å². The molecule has 50 heavy (non-hydrogen) atoms. The number of carbonyl (C=O) groups is 2. The van der Waals surface area contributed by atoms with Crippen molar-refractivity contribution in [1.82, 2.24) is 10.2 Å². The van der Waals surface area contributed by atoms with Gasteiger partial charge in [-0.15, -0.1) is 0 Å². The van der Waals surface area contributed by atoms with Crippen LogP contribution < -0.4 is 19.1 Å². The first-order valence-electron chi connectivity index (χ1n) is 16.3. The second kappa shape index (κ2) is 15.7. The monoisotopic (exact) mass is 739 g/mol. The number of anilines is 1. The van der Waals surface area contributed by atoms with Gasteiger partial charge in [0.1, 0.15) is 31.6 Å². The van der Waals surface area contributed by atoms with E-state index in [1.54, 1.807) is 18.2 Å². The lowest BCUT2D eigenvalue weighted by atomic mass is 10.0. The zero-order valence-corrected chi connectivity index (χ0v) is 29.4. The molecule has 1 heterocycles. The molecule has 0 spiro atoms. The van der Waals surface area contributed by atoms with Crippen molar-refractivity contribution in [3.63, 3.8) is 0 Å². The lowest BCUT2D eigenvalue weighted by Gasteiger charge is -2.34. The van der Waals surface area contributed by atoms with Gasteiger partial charge in [0.25, 0.3) is 10.0 Å². The normalized spacial score (nSPS) is 14.9. The summed E-state index contributed by atoms with van der Waals surface area (Å²) in [5.74, 6) is -0.953. The lowest BCUT2D eigenvalue weighted by molar-refractivity contribution is -0.140. The van der Waals surface area contributed by atoms with Crippen LogP contribution in [0.25, 0.3) is 0 Å². The van der Waals surface area contributed by atoms with Gasteiger partial charge < -0.3 is 19.7 Å². The van der Waals surface area contributed by atoms with Gasteiger partial charge in [-0.25, -0.2) is 12.8 Å². The maximum atomic E-state index is 14.7. The van der Waals surface area contributed by atoms with Gasteiger partial charge in [-0.05, 0) is 72.5 Å². The van der Waals surface area contributed by atoms with Crippen molar-refractivity contribution in [1.29, 1.82) is 0 Å². The number of ether oxygens (including phenoxy) is 2. The Balaban J connectivity index is 1.41. The summed E-state index contributed by atoms with van der Waals surface area (Å²) in [5.41, 5.74) is 1.45. The molecule has 2 amide bonds. The average Bonchev–Trinajstić information content (AvgIpc) is 3.63. The number of benzene rings is 4. The minimum atomic E-state index is -4.45. The number of rotatable bonds is 12. The van der Waals surface area contributed by atoms with Gasteiger partial charge in [-0.1, -0.05) is 72.4 Å². The van der Waals surface area contributed by atoms with Crippen molar-refractivity contribution in [2.45, 2.75) is 55.6 Å². The maximum Gasteiger partial charge on any atom is 0.264 e. The van der Waals surface area contributed by atoms with Gasteiger partial charge in [-0.3, -0.25) is 13.9 Å². The van der Waals surface area contributed by atoms with Crippen LogP contribution in [0.1, 0.15) is 36.8 Å².